The summed E-state index contributed by atoms with van der Waals surface area (Å²) in [5, 5.41) is 12.1. The number of ether oxygens (including phenoxy) is 1. The number of nitrogens with zero attached hydrogens (tertiary/aromatic N) is 2. The van der Waals surface area contributed by atoms with Crippen molar-refractivity contribution in [2.75, 3.05) is 26.3 Å². The Labute approximate surface area is 249 Å². The Morgan fingerprint density at radius 3 is 2.55 bits per heavy atom. The number of likely N-dealkylation sites (tertiary alicyclic amines) is 1. The zero-order chi connectivity index (χ0) is 28.9. The molecule has 2 unspecified atom stereocenters. The van der Waals surface area contributed by atoms with Gasteiger partial charge in [0, 0.05) is 16.5 Å². The zero-order valence-corrected chi connectivity index (χ0v) is 25.0. The quantitative estimate of drug-likeness (QED) is 0.226. The first-order valence-electron chi connectivity index (χ1n) is 15.8. The molecule has 2 aliphatic heterocycles. The van der Waals surface area contributed by atoms with Crippen LogP contribution in [0.2, 0.25) is 0 Å². The Bertz CT molecular complexity index is 1460. The number of benzene rings is 3. The van der Waals surface area contributed by atoms with Gasteiger partial charge in [0.1, 0.15) is 0 Å². The lowest BCUT2D eigenvalue weighted by atomic mass is 9.89. The van der Waals surface area contributed by atoms with Crippen LogP contribution in [-0.2, 0) is 11.2 Å². The van der Waals surface area contributed by atoms with E-state index in [1.165, 1.54) is 44.3 Å². The van der Waals surface area contributed by atoms with Crippen molar-refractivity contribution in [1.29, 1.82) is 0 Å². The van der Waals surface area contributed by atoms with E-state index in [1.807, 2.05) is 36.4 Å². The smallest absolute Gasteiger partial charge is 0.251 e. The minimum atomic E-state index is -0.0588. The van der Waals surface area contributed by atoms with Crippen molar-refractivity contribution >= 4 is 16.8 Å². The van der Waals surface area contributed by atoms with E-state index >= 15 is 0 Å². The first kappa shape index (κ1) is 28.6. The van der Waals surface area contributed by atoms with Gasteiger partial charge in [0.25, 0.3) is 5.91 Å². The molecule has 6 rings (SSSR count). The van der Waals surface area contributed by atoms with Crippen molar-refractivity contribution in [2.24, 2.45) is 11.8 Å². The van der Waals surface area contributed by atoms with Crippen LogP contribution in [0.15, 0.2) is 72.8 Å². The molecule has 1 amide bonds. The molecule has 2 N–H and O–H groups in total. The molecule has 0 radical (unpaired) electrons. The van der Waals surface area contributed by atoms with Crippen LogP contribution in [0, 0.1) is 11.8 Å². The van der Waals surface area contributed by atoms with Gasteiger partial charge in [-0.1, -0.05) is 81.3 Å². The normalized spacial score (nSPS) is 19.3. The summed E-state index contributed by atoms with van der Waals surface area (Å²) in [5.74, 6) is 1.13. The monoisotopic (exact) mass is 564 g/mol. The van der Waals surface area contributed by atoms with E-state index in [1.54, 1.807) is 0 Å². The van der Waals surface area contributed by atoms with Crippen molar-refractivity contribution in [1.82, 2.24) is 20.4 Å². The second kappa shape index (κ2) is 13.2. The minimum absolute atomic E-state index is 0.0288. The molecule has 6 nitrogen and oxygen atoms in total. The van der Waals surface area contributed by atoms with Gasteiger partial charge in [-0.3, -0.25) is 14.8 Å². The van der Waals surface area contributed by atoms with Crippen molar-refractivity contribution in [3.63, 3.8) is 0 Å². The van der Waals surface area contributed by atoms with Gasteiger partial charge in [-0.05, 0) is 79.9 Å². The molecule has 0 spiro atoms. The second-order valence-corrected chi connectivity index (χ2v) is 12.7. The van der Waals surface area contributed by atoms with Gasteiger partial charge < -0.3 is 10.1 Å². The Morgan fingerprint density at radius 1 is 1.00 bits per heavy atom. The Kier molecular flexibility index (Phi) is 9.01. The summed E-state index contributed by atoms with van der Waals surface area (Å²) >= 11 is 0. The maximum absolute atomic E-state index is 13.4. The van der Waals surface area contributed by atoms with Crippen molar-refractivity contribution < 1.29 is 9.53 Å². The number of carbonyl (C=O) groups excluding carboxylic acids is 1. The Morgan fingerprint density at radius 2 is 1.81 bits per heavy atom. The number of aromatic amines is 1. The first-order chi connectivity index (χ1) is 20.5. The van der Waals surface area contributed by atoms with Gasteiger partial charge in [-0.25, -0.2) is 0 Å². The van der Waals surface area contributed by atoms with E-state index < -0.39 is 0 Å². The number of nitrogens with one attached hydrogen (secondary N) is 2. The fourth-order valence-corrected chi connectivity index (χ4v) is 6.54. The number of hydrogen-bond donors (Lipinski definition) is 2. The van der Waals surface area contributed by atoms with Crippen LogP contribution >= 0.6 is 0 Å². The van der Waals surface area contributed by atoms with Gasteiger partial charge in [0.05, 0.1) is 36.5 Å². The van der Waals surface area contributed by atoms with Crippen LogP contribution in [0.1, 0.15) is 73.5 Å². The Hall–Kier alpha value is -3.48. The third-order valence-corrected chi connectivity index (χ3v) is 9.06. The molecule has 220 valence electrons. The highest BCUT2D eigenvalue weighted by atomic mass is 16.5. The van der Waals surface area contributed by atoms with E-state index in [4.69, 9.17) is 4.74 Å². The van der Waals surface area contributed by atoms with E-state index in [0.29, 0.717) is 17.5 Å². The predicted molar refractivity (Wildman–Crippen MR) is 169 cm³/mol. The SMILES string of the molecule is CC(C)CC(NC(=O)c1ccc2[nH]nc(-c3ccc(CC4CCCCN(C5COC5)CC4)cc3)c2c1)c1ccccc1. The first-order valence-corrected chi connectivity index (χ1v) is 15.8. The molecule has 2 aliphatic rings. The second-order valence-electron chi connectivity index (χ2n) is 12.7. The van der Waals surface area contributed by atoms with E-state index in [9.17, 15) is 4.79 Å². The molecule has 6 heteroatoms. The van der Waals surface area contributed by atoms with Crippen LogP contribution in [0.5, 0.6) is 0 Å². The molecule has 0 saturated carbocycles. The van der Waals surface area contributed by atoms with Crippen molar-refractivity contribution in [3.8, 4) is 11.3 Å². The van der Waals surface area contributed by atoms with E-state index in [0.717, 1.165) is 59.7 Å². The summed E-state index contributed by atoms with van der Waals surface area (Å²) in [6, 6.07) is 25.6. The minimum Gasteiger partial charge on any atom is -0.378 e. The van der Waals surface area contributed by atoms with Crippen LogP contribution in [0.4, 0.5) is 0 Å². The average molecular weight is 565 g/mol. The maximum atomic E-state index is 13.4. The molecule has 0 aliphatic carbocycles. The van der Waals surface area contributed by atoms with Crippen LogP contribution < -0.4 is 5.32 Å². The van der Waals surface area contributed by atoms with Crippen LogP contribution in [0.25, 0.3) is 22.2 Å². The number of H-pyrrole nitrogens is 1. The lowest BCUT2D eigenvalue weighted by molar-refractivity contribution is -0.0680. The molecule has 2 atom stereocenters. The predicted octanol–water partition coefficient (Wildman–Crippen LogP) is 7.18. The lowest BCUT2D eigenvalue weighted by Crippen LogP contribution is -2.50. The summed E-state index contributed by atoms with van der Waals surface area (Å²) in [7, 11) is 0. The number of fused-ring (bicyclic) bond motifs is 1. The molecule has 42 heavy (non-hydrogen) atoms. The molecular weight excluding hydrogens is 520 g/mol. The third-order valence-electron chi connectivity index (χ3n) is 9.06. The molecule has 3 heterocycles. The summed E-state index contributed by atoms with van der Waals surface area (Å²) in [6.45, 7) is 8.61. The topological polar surface area (TPSA) is 70.2 Å². The van der Waals surface area contributed by atoms with Crippen LogP contribution in [-0.4, -0.2) is 53.3 Å². The molecule has 0 bridgehead atoms. The fourth-order valence-electron chi connectivity index (χ4n) is 6.54. The van der Waals surface area contributed by atoms with Crippen molar-refractivity contribution in [2.45, 2.75) is 64.5 Å². The highest BCUT2D eigenvalue weighted by molar-refractivity contribution is 6.01. The number of aromatic nitrogens is 2. The number of hydrogen-bond acceptors (Lipinski definition) is 4. The highest BCUT2D eigenvalue weighted by Gasteiger charge is 2.27. The highest BCUT2D eigenvalue weighted by Crippen LogP contribution is 2.30. The number of rotatable bonds is 9. The fraction of sp³-hybridized carbons (Fsp3) is 0.444. The average Bonchev–Trinajstić information content (AvgIpc) is 3.39. The largest absolute Gasteiger partial charge is 0.378 e. The molecule has 2 fully saturated rings. The van der Waals surface area contributed by atoms with Gasteiger partial charge >= 0.3 is 0 Å². The zero-order valence-electron chi connectivity index (χ0n) is 25.0. The lowest BCUT2D eigenvalue weighted by Gasteiger charge is -2.39. The van der Waals surface area contributed by atoms with E-state index in [2.05, 4.69) is 70.7 Å². The van der Waals surface area contributed by atoms with E-state index in [-0.39, 0.29) is 11.9 Å². The summed E-state index contributed by atoms with van der Waals surface area (Å²) in [4.78, 5) is 16.1. The van der Waals surface area contributed by atoms with Crippen LogP contribution in [0.3, 0.4) is 0 Å². The summed E-state index contributed by atoms with van der Waals surface area (Å²) in [5.41, 5.74) is 6.06. The number of carbonyl (C=O) groups is 1. The third kappa shape index (κ3) is 6.77. The summed E-state index contributed by atoms with van der Waals surface area (Å²) in [6.07, 6.45) is 7.19. The number of amides is 1. The molecule has 3 aromatic carbocycles. The molecule has 2 saturated heterocycles. The Balaban J connectivity index is 1.14. The van der Waals surface area contributed by atoms with Gasteiger partial charge in [-0.15, -0.1) is 0 Å². The molecule has 1 aromatic heterocycles. The maximum Gasteiger partial charge on any atom is 0.251 e. The standard InChI is InChI=1S/C36H44N4O2/c1-25(2)20-34(28-9-4-3-5-10-28)37-36(41)30-15-16-33-32(22-30)35(39-38-33)29-13-11-27(12-14-29)21-26-8-6-7-18-40(19-17-26)31-23-42-24-31/h3-5,9-16,22,25-26,31,34H,6-8,17-21,23-24H2,1-2H3,(H,37,41)(H,38,39). The molecule has 4 aromatic rings. The van der Waals surface area contributed by atoms with Gasteiger partial charge in [0.2, 0.25) is 0 Å². The van der Waals surface area contributed by atoms with Gasteiger partial charge in [0.15, 0.2) is 0 Å². The van der Waals surface area contributed by atoms with Crippen molar-refractivity contribution in [3.05, 3.63) is 89.5 Å². The molecular formula is C36H44N4O2. The summed E-state index contributed by atoms with van der Waals surface area (Å²) < 4.78 is 5.44. The van der Waals surface area contributed by atoms with Gasteiger partial charge in [-0.2, -0.15) is 5.10 Å².